The molecule has 0 unspecified atom stereocenters. The van der Waals surface area contributed by atoms with Crippen molar-refractivity contribution >= 4 is 17.4 Å². The molecule has 5 nitrogen and oxygen atoms in total. The lowest BCUT2D eigenvalue weighted by molar-refractivity contribution is -0.389. The number of rotatable bonds is 3. The molecule has 0 aliphatic rings. The van der Waals surface area contributed by atoms with Gasteiger partial charge < -0.3 is 15.8 Å². The number of pyridine rings is 1. The van der Waals surface area contributed by atoms with Crippen molar-refractivity contribution in [2.45, 2.75) is 13.0 Å². The van der Waals surface area contributed by atoms with Crippen LogP contribution in [0.1, 0.15) is 17.7 Å². The molecule has 1 heterocycles. The number of nitrogens with two attached hydrogens (primary N) is 1. The maximum atomic E-state index is 12.4. The summed E-state index contributed by atoms with van der Waals surface area (Å²) in [6, 6.07) is 0.645. The molecule has 0 aromatic carbocycles. The van der Waals surface area contributed by atoms with Crippen LogP contribution >= 0.6 is 11.6 Å². The van der Waals surface area contributed by atoms with Crippen LogP contribution in [-0.2, 0) is 6.54 Å². The van der Waals surface area contributed by atoms with Gasteiger partial charge in [0.2, 0.25) is 0 Å². The van der Waals surface area contributed by atoms with Gasteiger partial charge in [0.1, 0.15) is 0 Å². The minimum atomic E-state index is -2.90. The first-order valence-electron chi connectivity index (χ1n) is 3.79. The van der Waals surface area contributed by atoms with E-state index in [1.807, 2.05) is 0 Å². The zero-order valence-electron chi connectivity index (χ0n) is 7.28. The Morgan fingerprint density at radius 2 is 2.27 bits per heavy atom. The monoisotopic (exact) mass is 237 g/mol. The van der Waals surface area contributed by atoms with Gasteiger partial charge in [0.25, 0.3) is 6.43 Å². The van der Waals surface area contributed by atoms with Crippen molar-refractivity contribution in [3.05, 3.63) is 32.5 Å². The molecule has 0 aliphatic heterocycles. The molecular formula is C7H6ClF2N3O2. The van der Waals surface area contributed by atoms with Crippen molar-refractivity contribution in [1.82, 2.24) is 4.98 Å². The molecule has 15 heavy (non-hydrogen) atoms. The molecule has 2 N–H and O–H groups in total. The van der Waals surface area contributed by atoms with Crippen LogP contribution in [0, 0.1) is 10.1 Å². The van der Waals surface area contributed by atoms with Crippen LogP contribution in [0.2, 0.25) is 5.02 Å². The lowest BCUT2D eigenvalue weighted by atomic mass is 10.2. The summed E-state index contributed by atoms with van der Waals surface area (Å²) in [5, 5.41) is 10.0. The zero-order chi connectivity index (χ0) is 11.6. The first-order valence-corrected chi connectivity index (χ1v) is 4.17. The molecule has 82 valence electrons. The second kappa shape index (κ2) is 4.45. The molecular weight excluding hydrogens is 232 g/mol. The van der Waals surface area contributed by atoms with E-state index in [0.717, 1.165) is 0 Å². The van der Waals surface area contributed by atoms with E-state index in [2.05, 4.69) is 4.98 Å². The smallest absolute Gasteiger partial charge is 0.358 e. The molecule has 0 aliphatic carbocycles. The molecule has 1 aromatic rings. The summed E-state index contributed by atoms with van der Waals surface area (Å²) in [5.41, 5.74) is 4.44. The summed E-state index contributed by atoms with van der Waals surface area (Å²) >= 11 is 5.54. The topological polar surface area (TPSA) is 82.0 Å². The van der Waals surface area contributed by atoms with E-state index in [-0.39, 0.29) is 17.3 Å². The number of hydrogen-bond acceptors (Lipinski definition) is 4. The summed E-state index contributed by atoms with van der Waals surface area (Å²) in [6.07, 6.45) is -2.90. The van der Waals surface area contributed by atoms with E-state index < -0.39 is 22.7 Å². The fourth-order valence-corrected chi connectivity index (χ4v) is 1.23. The lowest BCUT2D eigenvalue weighted by Gasteiger charge is -2.04. The third-order valence-corrected chi connectivity index (χ3v) is 2.09. The van der Waals surface area contributed by atoms with Crippen molar-refractivity contribution in [3.63, 3.8) is 0 Å². The Balaban J connectivity index is 3.38. The lowest BCUT2D eigenvalue weighted by Crippen LogP contribution is -2.06. The van der Waals surface area contributed by atoms with Crippen LogP contribution in [0.15, 0.2) is 6.07 Å². The molecule has 0 bridgehead atoms. The highest BCUT2D eigenvalue weighted by Crippen LogP contribution is 2.31. The molecule has 0 radical (unpaired) electrons. The van der Waals surface area contributed by atoms with Gasteiger partial charge >= 0.3 is 5.82 Å². The average molecular weight is 238 g/mol. The quantitative estimate of drug-likeness (QED) is 0.644. The Labute approximate surface area is 88.0 Å². The molecule has 0 saturated carbocycles. The molecule has 0 fully saturated rings. The molecule has 8 heteroatoms. The summed E-state index contributed by atoms with van der Waals surface area (Å²) in [4.78, 5) is 12.9. The van der Waals surface area contributed by atoms with Gasteiger partial charge in [-0.25, -0.2) is 8.78 Å². The SMILES string of the molecule is NCc1nc([N+](=O)[O-])cc(C(F)F)c1Cl. The van der Waals surface area contributed by atoms with E-state index in [4.69, 9.17) is 17.3 Å². The van der Waals surface area contributed by atoms with Gasteiger partial charge in [-0.15, -0.1) is 0 Å². The Hall–Kier alpha value is -1.34. The van der Waals surface area contributed by atoms with Gasteiger partial charge in [-0.1, -0.05) is 11.6 Å². The van der Waals surface area contributed by atoms with Gasteiger partial charge in [0, 0.05) is 11.6 Å². The van der Waals surface area contributed by atoms with Gasteiger partial charge in [-0.3, -0.25) is 0 Å². The molecule has 1 rings (SSSR count). The Morgan fingerprint density at radius 1 is 1.67 bits per heavy atom. The van der Waals surface area contributed by atoms with Crippen molar-refractivity contribution in [1.29, 1.82) is 0 Å². The number of halogens is 3. The van der Waals surface area contributed by atoms with Crippen molar-refractivity contribution < 1.29 is 13.7 Å². The first-order chi connectivity index (χ1) is 6.97. The first kappa shape index (κ1) is 11.7. The van der Waals surface area contributed by atoms with Crippen LogP contribution in [0.4, 0.5) is 14.6 Å². The number of nitrogens with zero attached hydrogens (tertiary/aromatic N) is 2. The van der Waals surface area contributed by atoms with Crippen LogP contribution < -0.4 is 5.73 Å². The van der Waals surface area contributed by atoms with Gasteiger partial charge in [0.05, 0.1) is 11.6 Å². The average Bonchev–Trinajstić information content (AvgIpc) is 2.17. The minimum absolute atomic E-state index is 0.110. The third-order valence-electron chi connectivity index (χ3n) is 1.66. The number of nitro groups is 1. The van der Waals surface area contributed by atoms with Crippen molar-refractivity contribution in [2.75, 3.05) is 0 Å². The minimum Gasteiger partial charge on any atom is -0.358 e. The highest BCUT2D eigenvalue weighted by Gasteiger charge is 2.23. The summed E-state index contributed by atoms with van der Waals surface area (Å²) in [7, 11) is 0. The predicted molar refractivity (Wildman–Crippen MR) is 48.7 cm³/mol. The Kier molecular flexibility index (Phi) is 3.48. The molecule has 0 atom stereocenters. The van der Waals surface area contributed by atoms with Crippen LogP contribution in [0.25, 0.3) is 0 Å². The standard InChI is InChI=1S/C7H6ClF2N3O2/c8-6-3(7(9)10)1-5(13(14)15)12-4(6)2-11/h1,7H,2,11H2. The normalized spacial score (nSPS) is 10.7. The van der Waals surface area contributed by atoms with Crippen LogP contribution in [-0.4, -0.2) is 9.91 Å². The molecule has 0 spiro atoms. The van der Waals surface area contributed by atoms with Gasteiger partial charge in [-0.2, -0.15) is 0 Å². The molecule has 1 aromatic heterocycles. The van der Waals surface area contributed by atoms with Gasteiger partial charge in [0.15, 0.2) is 5.69 Å². The van der Waals surface area contributed by atoms with Crippen molar-refractivity contribution in [2.24, 2.45) is 5.73 Å². The van der Waals surface area contributed by atoms with Crippen LogP contribution in [0.5, 0.6) is 0 Å². The Morgan fingerprint density at radius 3 is 2.67 bits per heavy atom. The molecule has 0 amide bonds. The maximum absolute atomic E-state index is 12.4. The van der Waals surface area contributed by atoms with E-state index in [9.17, 15) is 18.9 Å². The summed E-state index contributed by atoms with van der Waals surface area (Å²) in [6.45, 7) is -0.236. The van der Waals surface area contributed by atoms with E-state index in [0.29, 0.717) is 6.07 Å². The summed E-state index contributed by atoms with van der Waals surface area (Å²) in [5.74, 6) is -0.685. The number of hydrogen-bond donors (Lipinski definition) is 1. The largest absolute Gasteiger partial charge is 0.364 e. The van der Waals surface area contributed by atoms with E-state index in [1.165, 1.54) is 0 Å². The Bertz CT molecular complexity index is 400. The highest BCUT2D eigenvalue weighted by molar-refractivity contribution is 6.32. The zero-order valence-corrected chi connectivity index (χ0v) is 8.04. The predicted octanol–water partition coefficient (Wildman–Crippen LogP) is 2.04. The van der Waals surface area contributed by atoms with E-state index in [1.54, 1.807) is 0 Å². The second-order valence-corrected chi connectivity index (χ2v) is 2.97. The molecule has 0 saturated heterocycles. The second-order valence-electron chi connectivity index (χ2n) is 2.59. The number of alkyl halides is 2. The highest BCUT2D eigenvalue weighted by atomic mass is 35.5. The fourth-order valence-electron chi connectivity index (χ4n) is 0.976. The maximum Gasteiger partial charge on any atom is 0.364 e. The fraction of sp³-hybridized carbons (Fsp3) is 0.286. The third kappa shape index (κ3) is 2.37. The number of aromatic nitrogens is 1. The van der Waals surface area contributed by atoms with Crippen LogP contribution in [0.3, 0.4) is 0 Å². The van der Waals surface area contributed by atoms with Gasteiger partial charge in [-0.05, 0) is 9.91 Å². The van der Waals surface area contributed by atoms with Crippen molar-refractivity contribution in [3.8, 4) is 0 Å². The summed E-state index contributed by atoms with van der Waals surface area (Å²) < 4.78 is 24.8. The van der Waals surface area contributed by atoms with E-state index >= 15 is 0 Å².